The standard InChI is InChI=1S/C23H28F3NO6S/c24-23(25,26)33-18-2-1-3-19(11-18)34(30,31)13-16-6-8-22(9-7-16)14-27(15-22)20(28)5-4-17-10-21(29)32-12-17/h1-3,11,16-17H,4-10,12-15H2/t17-/m0/s1. The predicted octanol–water partition coefficient (Wildman–Crippen LogP) is 3.72. The van der Waals surface area contributed by atoms with Gasteiger partial charge in [-0.3, -0.25) is 9.59 Å². The number of esters is 1. The van der Waals surface area contributed by atoms with Gasteiger partial charge in [0.25, 0.3) is 0 Å². The number of nitrogens with zero attached hydrogens (tertiary/aromatic N) is 1. The monoisotopic (exact) mass is 503 g/mol. The quantitative estimate of drug-likeness (QED) is 0.527. The molecule has 4 rings (SSSR count). The average Bonchev–Trinajstić information content (AvgIpc) is 3.15. The number of halogens is 3. The molecule has 0 unspecified atom stereocenters. The molecule has 1 aromatic carbocycles. The van der Waals surface area contributed by atoms with Crippen LogP contribution in [0.3, 0.4) is 0 Å². The Hall–Kier alpha value is -2.30. The topological polar surface area (TPSA) is 90.0 Å². The van der Waals surface area contributed by atoms with E-state index < -0.39 is 21.9 Å². The Morgan fingerprint density at radius 2 is 1.88 bits per heavy atom. The number of rotatable bonds is 7. The number of cyclic esters (lactones) is 1. The van der Waals surface area contributed by atoms with Gasteiger partial charge < -0.3 is 14.4 Å². The summed E-state index contributed by atoms with van der Waals surface area (Å²) in [6.07, 6.45) is -0.441. The molecule has 1 aliphatic carbocycles. The van der Waals surface area contributed by atoms with Gasteiger partial charge >= 0.3 is 12.3 Å². The highest BCUT2D eigenvalue weighted by atomic mass is 32.2. The van der Waals surface area contributed by atoms with Gasteiger partial charge in [-0.1, -0.05) is 6.07 Å². The summed E-state index contributed by atoms with van der Waals surface area (Å²) in [6, 6.07) is 4.50. The second kappa shape index (κ2) is 9.39. The lowest BCUT2D eigenvalue weighted by atomic mass is 9.66. The van der Waals surface area contributed by atoms with Gasteiger partial charge in [0.1, 0.15) is 5.75 Å². The average molecular weight is 504 g/mol. The van der Waals surface area contributed by atoms with Crippen LogP contribution in [-0.2, 0) is 24.2 Å². The third-order valence-corrected chi connectivity index (χ3v) is 9.01. The number of amides is 1. The van der Waals surface area contributed by atoms with E-state index in [-0.39, 0.29) is 39.8 Å². The highest BCUT2D eigenvalue weighted by Crippen LogP contribution is 2.46. The number of ether oxygens (including phenoxy) is 2. The SMILES string of the molecule is O=C1C[C@H](CCC(=O)N2CC3(CCC(CS(=O)(=O)c4cccc(OC(F)(F)F)c4)CC3)C2)CO1. The molecular formula is C23H28F3NO6S. The highest BCUT2D eigenvalue weighted by Gasteiger charge is 2.47. The van der Waals surface area contributed by atoms with E-state index in [1.807, 2.05) is 4.90 Å². The van der Waals surface area contributed by atoms with Crippen molar-refractivity contribution in [2.45, 2.75) is 56.2 Å². The van der Waals surface area contributed by atoms with Crippen LogP contribution in [0.2, 0.25) is 0 Å². The lowest BCUT2D eigenvalue weighted by molar-refractivity contribution is -0.274. The van der Waals surface area contributed by atoms with Crippen LogP contribution in [0.25, 0.3) is 0 Å². The van der Waals surface area contributed by atoms with Gasteiger partial charge in [0, 0.05) is 30.8 Å². The zero-order valence-corrected chi connectivity index (χ0v) is 19.5. The fourth-order valence-corrected chi connectivity index (χ4v) is 6.95. The summed E-state index contributed by atoms with van der Waals surface area (Å²) in [5, 5.41) is 0. The smallest absolute Gasteiger partial charge is 0.465 e. The maximum Gasteiger partial charge on any atom is 0.573 e. The van der Waals surface area contributed by atoms with Gasteiger partial charge in [-0.15, -0.1) is 13.2 Å². The van der Waals surface area contributed by atoms with Crippen LogP contribution in [0.5, 0.6) is 5.75 Å². The maximum atomic E-state index is 12.8. The third kappa shape index (κ3) is 6.03. The van der Waals surface area contributed by atoms with Gasteiger partial charge in [-0.05, 0) is 56.2 Å². The van der Waals surface area contributed by atoms with E-state index in [4.69, 9.17) is 4.74 Å². The number of likely N-dealkylation sites (tertiary alicyclic amines) is 1. The van der Waals surface area contributed by atoms with Crippen molar-refractivity contribution in [3.63, 3.8) is 0 Å². The van der Waals surface area contributed by atoms with Gasteiger partial charge in [0.15, 0.2) is 9.84 Å². The molecule has 188 valence electrons. The number of alkyl halides is 3. The van der Waals surface area contributed by atoms with E-state index >= 15 is 0 Å². The van der Waals surface area contributed by atoms with Crippen LogP contribution in [-0.4, -0.2) is 57.0 Å². The summed E-state index contributed by atoms with van der Waals surface area (Å²) in [5.74, 6) is -0.763. The van der Waals surface area contributed by atoms with E-state index in [1.165, 1.54) is 12.1 Å². The van der Waals surface area contributed by atoms with Crippen molar-refractivity contribution in [2.75, 3.05) is 25.4 Å². The van der Waals surface area contributed by atoms with Crippen molar-refractivity contribution in [2.24, 2.45) is 17.3 Å². The molecule has 3 fully saturated rings. The first-order chi connectivity index (χ1) is 15.9. The van der Waals surface area contributed by atoms with Gasteiger partial charge in [0.05, 0.1) is 23.7 Å². The van der Waals surface area contributed by atoms with Crippen LogP contribution in [0.15, 0.2) is 29.2 Å². The van der Waals surface area contributed by atoms with Crippen molar-refractivity contribution < 1.29 is 40.7 Å². The first-order valence-corrected chi connectivity index (χ1v) is 13.1. The zero-order chi connectivity index (χ0) is 24.6. The molecule has 1 spiro atoms. The highest BCUT2D eigenvalue weighted by molar-refractivity contribution is 7.91. The van der Waals surface area contributed by atoms with Crippen molar-refractivity contribution in [3.05, 3.63) is 24.3 Å². The summed E-state index contributed by atoms with van der Waals surface area (Å²) in [7, 11) is -3.75. The summed E-state index contributed by atoms with van der Waals surface area (Å²) in [4.78, 5) is 25.3. The zero-order valence-electron chi connectivity index (χ0n) is 18.7. The summed E-state index contributed by atoms with van der Waals surface area (Å²) in [5.41, 5.74) is 0.0306. The molecule has 1 saturated carbocycles. The fraction of sp³-hybridized carbons (Fsp3) is 0.652. The lowest BCUT2D eigenvalue weighted by Crippen LogP contribution is -2.59. The van der Waals surface area contributed by atoms with Gasteiger partial charge in [0.2, 0.25) is 5.91 Å². The van der Waals surface area contributed by atoms with Crippen molar-refractivity contribution in [1.82, 2.24) is 4.90 Å². The van der Waals surface area contributed by atoms with Crippen LogP contribution in [0.4, 0.5) is 13.2 Å². The molecule has 2 heterocycles. The fourth-order valence-electron chi connectivity index (χ4n) is 5.22. The molecule has 0 N–H and O–H groups in total. The first-order valence-electron chi connectivity index (χ1n) is 11.5. The Balaban J connectivity index is 1.23. The molecule has 1 amide bonds. The molecule has 0 bridgehead atoms. The van der Waals surface area contributed by atoms with Crippen molar-refractivity contribution in [3.8, 4) is 5.75 Å². The van der Waals surface area contributed by atoms with E-state index in [9.17, 15) is 31.2 Å². The molecule has 3 aliphatic rings. The minimum absolute atomic E-state index is 0.0306. The van der Waals surface area contributed by atoms with Crippen LogP contribution >= 0.6 is 0 Å². The second-order valence-corrected chi connectivity index (χ2v) is 11.8. The number of hydrogen-bond donors (Lipinski definition) is 0. The largest absolute Gasteiger partial charge is 0.573 e. The molecule has 1 atom stereocenters. The molecular weight excluding hydrogens is 475 g/mol. The minimum Gasteiger partial charge on any atom is -0.465 e. The van der Waals surface area contributed by atoms with Gasteiger partial charge in [-0.2, -0.15) is 0 Å². The summed E-state index contributed by atoms with van der Waals surface area (Å²) < 4.78 is 71.7. The molecule has 34 heavy (non-hydrogen) atoms. The third-order valence-electron chi connectivity index (χ3n) is 7.13. The summed E-state index contributed by atoms with van der Waals surface area (Å²) >= 11 is 0. The molecule has 2 saturated heterocycles. The van der Waals surface area contributed by atoms with Gasteiger partial charge in [-0.25, -0.2) is 8.42 Å². The van der Waals surface area contributed by atoms with Crippen molar-refractivity contribution >= 4 is 21.7 Å². The summed E-state index contributed by atoms with van der Waals surface area (Å²) in [6.45, 7) is 1.73. The van der Waals surface area contributed by atoms with E-state index in [0.29, 0.717) is 51.8 Å². The number of sulfone groups is 1. The minimum atomic E-state index is -4.89. The Morgan fingerprint density at radius 3 is 2.50 bits per heavy atom. The Bertz CT molecular complexity index is 1030. The number of hydrogen-bond acceptors (Lipinski definition) is 6. The number of carbonyl (C=O) groups excluding carboxylic acids is 2. The van der Waals surface area contributed by atoms with Crippen LogP contribution < -0.4 is 4.74 Å². The van der Waals surface area contributed by atoms with Crippen molar-refractivity contribution in [1.29, 1.82) is 0 Å². The lowest BCUT2D eigenvalue weighted by Gasteiger charge is -2.53. The van der Waals surface area contributed by atoms with E-state index in [1.54, 1.807) is 0 Å². The van der Waals surface area contributed by atoms with E-state index in [2.05, 4.69) is 4.74 Å². The first kappa shape index (κ1) is 24.8. The molecule has 7 nitrogen and oxygen atoms in total. The number of carbonyl (C=O) groups is 2. The Labute approximate surface area is 196 Å². The van der Waals surface area contributed by atoms with E-state index in [0.717, 1.165) is 25.0 Å². The normalized spacial score (nSPS) is 23.0. The molecule has 1 aromatic rings. The number of benzene rings is 1. The van der Waals surface area contributed by atoms with Crippen LogP contribution in [0.1, 0.15) is 44.9 Å². The predicted molar refractivity (Wildman–Crippen MR) is 114 cm³/mol. The maximum absolute atomic E-state index is 12.8. The molecule has 0 radical (unpaired) electrons. The molecule has 2 aliphatic heterocycles. The molecule has 0 aromatic heterocycles. The Kier molecular flexibility index (Phi) is 6.85. The second-order valence-electron chi connectivity index (χ2n) is 9.79. The Morgan fingerprint density at radius 1 is 1.18 bits per heavy atom. The van der Waals surface area contributed by atoms with Crippen LogP contribution in [0, 0.1) is 17.3 Å². The molecule has 11 heteroatoms.